The first kappa shape index (κ1) is 25.5. The largest absolute Gasteiger partial charge is 0.464 e. The highest BCUT2D eigenvalue weighted by molar-refractivity contribution is 6.30. The van der Waals surface area contributed by atoms with E-state index in [9.17, 15) is 9.59 Å². The van der Waals surface area contributed by atoms with Gasteiger partial charge < -0.3 is 14.5 Å². The van der Waals surface area contributed by atoms with Crippen molar-refractivity contribution in [1.29, 1.82) is 0 Å². The molecule has 35 heavy (non-hydrogen) atoms. The van der Waals surface area contributed by atoms with Crippen molar-refractivity contribution in [3.63, 3.8) is 0 Å². The number of ether oxygens (including phenoxy) is 1. The molecular weight excluding hydrogens is 464 g/mol. The minimum atomic E-state index is -0.412. The van der Waals surface area contributed by atoms with Gasteiger partial charge in [-0.1, -0.05) is 18.5 Å². The summed E-state index contributed by atoms with van der Waals surface area (Å²) in [5.74, 6) is -0.325. The number of hydrogen-bond donors (Lipinski definition) is 0. The summed E-state index contributed by atoms with van der Waals surface area (Å²) >= 11 is 5.97. The van der Waals surface area contributed by atoms with E-state index in [1.54, 1.807) is 30.3 Å². The molecule has 2 aliphatic rings. The standard InChI is InChI=1S/C27H35ClN4O3/c1-5-22-17-31(25-11-10-24(27(34)35-4)29-19(25)3)18(2)16-32(22)23-12-14-30(15-13-23)26(33)20-6-8-21(28)9-7-20/h6-11,18,22-23H,5,12-17H2,1-4H3/t18-,22+/m1/s1. The fourth-order valence-corrected chi connectivity index (χ4v) is 5.59. The van der Waals surface area contributed by atoms with Gasteiger partial charge in [-0.25, -0.2) is 9.78 Å². The molecule has 0 bridgehead atoms. The van der Waals surface area contributed by atoms with Crippen LogP contribution in [0, 0.1) is 6.92 Å². The summed E-state index contributed by atoms with van der Waals surface area (Å²) in [6, 6.07) is 12.1. The first-order valence-corrected chi connectivity index (χ1v) is 12.8. The molecule has 4 rings (SSSR count). The number of aromatic nitrogens is 1. The number of amides is 1. The van der Waals surface area contributed by atoms with Crippen LogP contribution in [0.2, 0.25) is 5.02 Å². The number of halogens is 1. The van der Waals surface area contributed by atoms with Crippen molar-refractivity contribution < 1.29 is 14.3 Å². The molecule has 0 spiro atoms. The lowest BCUT2D eigenvalue weighted by molar-refractivity contribution is 0.0435. The molecule has 0 saturated carbocycles. The lowest BCUT2D eigenvalue weighted by atomic mass is 9.95. The van der Waals surface area contributed by atoms with Gasteiger partial charge in [0.25, 0.3) is 5.91 Å². The number of piperidine rings is 1. The third-order valence-electron chi connectivity index (χ3n) is 7.43. The number of anilines is 1. The average molecular weight is 499 g/mol. The number of esters is 1. The van der Waals surface area contributed by atoms with E-state index in [4.69, 9.17) is 16.3 Å². The van der Waals surface area contributed by atoms with Crippen molar-refractivity contribution in [2.24, 2.45) is 0 Å². The molecule has 8 heteroatoms. The molecule has 0 aliphatic carbocycles. The van der Waals surface area contributed by atoms with Gasteiger partial charge >= 0.3 is 5.97 Å². The van der Waals surface area contributed by atoms with Gasteiger partial charge in [0.1, 0.15) is 5.69 Å². The van der Waals surface area contributed by atoms with Gasteiger partial charge in [0, 0.05) is 54.9 Å². The van der Waals surface area contributed by atoms with Crippen LogP contribution in [0.3, 0.4) is 0 Å². The number of benzene rings is 1. The monoisotopic (exact) mass is 498 g/mol. The van der Waals surface area contributed by atoms with Gasteiger partial charge in [0.05, 0.1) is 18.5 Å². The molecule has 1 aromatic heterocycles. The van der Waals surface area contributed by atoms with Gasteiger partial charge in [-0.3, -0.25) is 9.69 Å². The Morgan fingerprint density at radius 1 is 1.09 bits per heavy atom. The highest BCUT2D eigenvalue weighted by Crippen LogP contribution is 2.30. The molecule has 2 atom stereocenters. The van der Waals surface area contributed by atoms with Gasteiger partial charge in [0.2, 0.25) is 0 Å². The number of carbonyl (C=O) groups excluding carboxylic acids is 2. The van der Waals surface area contributed by atoms with Crippen LogP contribution in [0.5, 0.6) is 0 Å². The van der Waals surface area contributed by atoms with Crippen LogP contribution in [0.25, 0.3) is 0 Å². The molecule has 2 saturated heterocycles. The third kappa shape index (κ3) is 5.46. The zero-order valence-corrected chi connectivity index (χ0v) is 21.8. The SMILES string of the molecule is CC[C@H]1CN(c2ccc(C(=O)OC)nc2C)[C@H](C)CN1C1CCN(C(=O)c2ccc(Cl)cc2)CC1. The molecule has 188 valence electrons. The Balaban J connectivity index is 1.41. The Morgan fingerprint density at radius 3 is 2.37 bits per heavy atom. The topological polar surface area (TPSA) is 66.0 Å². The maximum Gasteiger partial charge on any atom is 0.356 e. The lowest BCUT2D eigenvalue weighted by Gasteiger charge is -2.51. The second-order valence-electron chi connectivity index (χ2n) is 9.58. The van der Waals surface area contributed by atoms with E-state index in [-0.39, 0.29) is 5.91 Å². The number of carbonyl (C=O) groups is 2. The third-order valence-corrected chi connectivity index (χ3v) is 7.68. The summed E-state index contributed by atoms with van der Waals surface area (Å²) in [7, 11) is 1.37. The molecule has 1 amide bonds. The van der Waals surface area contributed by atoms with Crippen molar-refractivity contribution in [2.75, 3.05) is 38.2 Å². The van der Waals surface area contributed by atoms with E-state index in [0.29, 0.717) is 34.4 Å². The van der Waals surface area contributed by atoms with Crippen LogP contribution in [-0.4, -0.2) is 78.1 Å². The molecule has 2 fully saturated rings. The lowest BCUT2D eigenvalue weighted by Crippen LogP contribution is -2.61. The summed E-state index contributed by atoms with van der Waals surface area (Å²) in [4.78, 5) is 36.3. The van der Waals surface area contributed by atoms with Crippen molar-refractivity contribution in [1.82, 2.24) is 14.8 Å². The number of methoxy groups -OCH3 is 1. The molecular formula is C27H35ClN4O3. The van der Waals surface area contributed by atoms with E-state index < -0.39 is 5.97 Å². The van der Waals surface area contributed by atoms with Gasteiger partial charge in [-0.15, -0.1) is 0 Å². The highest BCUT2D eigenvalue weighted by Gasteiger charge is 2.37. The van der Waals surface area contributed by atoms with Gasteiger partial charge in [-0.2, -0.15) is 0 Å². The quantitative estimate of drug-likeness (QED) is 0.568. The number of aryl methyl sites for hydroxylation is 1. The molecule has 1 aromatic carbocycles. The summed E-state index contributed by atoms with van der Waals surface area (Å²) in [5.41, 5.74) is 2.96. The predicted octanol–water partition coefficient (Wildman–Crippen LogP) is 4.42. The Kier molecular flexibility index (Phi) is 7.97. The number of rotatable bonds is 5. The van der Waals surface area contributed by atoms with Crippen LogP contribution >= 0.6 is 11.6 Å². The predicted molar refractivity (Wildman–Crippen MR) is 138 cm³/mol. The number of piperazine rings is 1. The minimum Gasteiger partial charge on any atom is -0.464 e. The summed E-state index contributed by atoms with van der Waals surface area (Å²) in [6.07, 6.45) is 3.02. The van der Waals surface area contributed by atoms with E-state index in [2.05, 4.69) is 28.6 Å². The Morgan fingerprint density at radius 2 is 1.77 bits per heavy atom. The summed E-state index contributed by atoms with van der Waals surface area (Å²) in [6.45, 7) is 9.88. The fourth-order valence-electron chi connectivity index (χ4n) is 5.46. The molecule has 7 nitrogen and oxygen atoms in total. The van der Waals surface area contributed by atoms with Crippen LogP contribution in [0.1, 0.15) is 59.7 Å². The van der Waals surface area contributed by atoms with Gasteiger partial charge in [0.15, 0.2) is 0 Å². The normalized spacial score (nSPS) is 21.7. The van der Waals surface area contributed by atoms with Crippen molar-refractivity contribution in [2.45, 2.75) is 58.2 Å². The van der Waals surface area contributed by atoms with Crippen LogP contribution in [0.4, 0.5) is 5.69 Å². The minimum absolute atomic E-state index is 0.0868. The fraction of sp³-hybridized carbons (Fsp3) is 0.519. The van der Waals surface area contributed by atoms with E-state index in [1.807, 2.05) is 17.9 Å². The van der Waals surface area contributed by atoms with Gasteiger partial charge in [-0.05, 0) is 69.5 Å². The Bertz CT molecular complexity index is 1050. The zero-order valence-electron chi connectivity index (χ0n) is 21.0. The Labute approximate surface area is 213 Å². The number of hydrogen-bond acceptors (Lipinski definition) is 6. The second-order valence-corrected chi connectivity index (χ2v) is 10.0. The zero-order chi connectivity index (χ0) is 25.1. The van der Waals surface area contributed by atoms with E-state index in [0.717, 1.165) is 56.8 Å². The smallest absolute Gasteiger partial charge is 0.356 e. The first-order chi connectivity index (χ1) is 16.8. The first-order valence-electron chi connectivity index (χ1n) is 12.5. The molecule has 0 N–H and O–H groups in total. The molecule has 2 aromatic rings. The summed E-state index contributed by atoms with van der Waals surface area (Å²) < 4.78 is 4.81. The Hall–Kier alpha value is -2.64. The maximum atomic E-state index is 12.9. The molecule has 0 unspecified atom stereocenters. The number of nitrogens with zero attached hydrogens (tertiary/aromatic N) is 4. The summed E-state index contributed by atoms with van der Waals surface area (Å²) in [5, 5.41) is 0.643. The van der Waals surface area contributed by atoms with Crippen molar-refractivity contribution in [3.8, 4) is 0 Å². The molecule has 3 heterocycles. The van der Waals surface area contributed by atoms with Crippen LogP contribution in [-0.2, 0) is 4.74 Å². The molecule has 2 aliphatic heterocycles. The second kappa shape index (κ2) is 11.0. The average Bonchev–Trinajstić information content (AvgIpc) is 2.88. The maximum absolute atomic E-state index is 12.9. The van der Waals surface area contributed by atoms with E-state index in [1.165, 1.54) is 7.11 Å². The van der Waals surface area contributed by atoms with Crippen LogP contribution in [0.15, 0.2) is 36.4 Å². The van der Waals surface area contributed by atoms with Crippen molar-refractivity contribution >= 4 is 29.2 Å². The number of pyridine rings is 1. The molecule has 0 radical (unpaired) electrons. The number of likely N-dealkylation sites (tertiary alicyclic amines) is 1. The van der Waals surface area contributed by atoms with E-state index >= 15 is 0 Å². The highest BCUT2D eigenvalue weighted by atomic mass is 35.5. The van der Waals surface area contributed by atoms with Crippen molar-refractivity contribution in [3.05, 3.63) is 58.4 Å². The van der Waals surface area contributed by atoms with Crippen LogP contribution < -0.4 is 4.90 Å².